The molecule has 2 aliphatic rings. The van der Waals surface area contributed by atoms with Crippen LogP contribution in [-0.4, -0.2) is 70.2 Å². The number of aromatic amines is 1. The van der Waals surface area contributed by atoms with Gasteiger partial charge < -0.3 is 41.2 Å². The van der Waals surface area contributed by atoms with Crippen LogP contribution in [0.4, 0.5) is 11.4 Å². The number of amides is 2. The molecule has 6 aromatic rings. The molecule has 2 aromatic heterocycles. The molecule has 0 radical (unpaired) electrons. The van der Waals surface area contributed by atoms with E-state index in [9.17, 15) is 24.6 Å². The molecule has 8 rings (SSSR count). The number of methoxy groups -OCH3 is 1. The van der Waals surface area contributed by atoms with Crippen LogP contribution < -0.4 is 26.7 Å². The number of anilines is 2. The molecule has 334 valence electrons. The summed E-state index contributed by atoms with van der Waals surface area (Å²) < 4.78 is 5.41. The van der Waals surface area contributed by atoms with Crippen LogP contribution in [0.3, 0.4) is 0 Å². The van der Waals surface area contributed by atoms with Crippen molar-refractivity contribution in [1.82, 2.24) is 20.2 Å². The van der Waals surface area contributed by atoms with Gasteiger partial charge in [-0.15, -0.1) is 0 Å². The summed E-state index contributed by atoms with van der Waals surface area (Å²) in [5.41, 5.74) is 12.7. The molecule has 7 N–H and O–H groups in total. The van der Waals surface area contributed by atoms with Crippen LogP contribution in [0.25, 0.3) is 21.8 Å². The lowest BCUT2D eigenvalue weighted by atomic mass is 9.72. The molecule has 2 fully saturated rings. The molecule has 0 unspecified atom stereocenters. The highest BCUT2D eigenvalue weighted by Gasteiger charge is 2.32. The maximum atomic E-state index is 13.9. The molecule has 1 atom stereocenters. The Morgan fingerprint density at radius 2 is 1.69 bits per heavy atom. The maximum absolute atomic E-state index is 13.9. The fourth-order valence-electron chi connectivity index (χ4n) is 10.2. The summed E-state index contributed by atoms with van der Waals surface area (Å²) in [5, 5.41) is 29.2. The Kier molecular flexibility index (Phi) is 13.9. The van der Waals surface area contributed by atoms with E-state index in [4.69, 9.17) is 10.5 Å². The van der Waals surface area contributed by atoms with Crippen LogP contribution in [-0.2, 0) is 6.42 Å². The van der Waals surface area contributed by atoms with Crippen molar-refractivity contribution in [3.8, 4) is 11.5 Å². The molecular formula is C52H60N6O6. The van der Waals surface area contributed by atoms with Crippen molar-refractivity contribution >= 4 is 45.0 Å². The van der Waals surface area contributed by atoms with Gasteiger partial charge >= 0.3 is 0 Å². The number of nitrogens with one attached hydrogen (secondary N) is 3. The first-order valence-electron chi connectivity index (χ1n) is 22.8. The van der Waals surface area contributed by atoms with E-state index in [0.29, 0.717) is 57.9 Å². The number of hydrogen-bond donors (Lipinski definition) is 6. The number of rotatable bonds is 16. The van der Waals surface area contributed by atoms with Crippen molar-refractivity contribution in [3.05, 3.63) is 135 Å². The number of carbonyl (C=O) groups excluding carboxylic acids is 2. The second-order valence-corrected chi connectivity index (χ2v) is 17.9. The minimum atomic E-state index is -0.747. The Morgan fingerprint density at radius 3 is 2.47 bits per heavy atom. The quantitative estimate of drug-likeness (QED) is 0.0519. The highest BCUT2D eigenvalue weighted by atomic mass is 16.5. The number of fused-ring (bicyclic) bond motifs is 2. The number of nitrogens with two attached hydrogens (primary N) is 1. The van der Waals surface area contributed by atoms with Crippen LogP contribution in [0.2, 0.25) is 0 Å². The first kappa shape index (κ1) is 44.4. The summed E-state index contributed by atoms with van der Waals surface area (Å²) in [4.78, 5) is 47.5. The number of aryl methyl sites for hydroxylation is 1. The van der Waals surface area contributed by atoms with Crippen LogP contribution in [0, 0.1) is 24.7 Å². The molecule has 1 saturated heterocycles. The number of nitrogens with zero attached hydrogens (tertiary/aromatic N) is 2. The standard InChI is InChI=1S/C52H60N6O6/c1-32-25-35(28-43-48(32)55-30-44(51(53)62)49(43)56-39-10-6-11-40(29-39)64-2)26-34-8-5-9-38(27-34)52(63)58-23-20-37(21-24-58)36-14-12-33(13-15-36)7-3-4-22-54-31-46(60)41-16-18-45(59)50-42(41)17-19-47(61)57-50/h5-6,8-11,16-19,25,27-30,33,36-37,46,54,59-60H,3-4,7,12-15,20-24,26,31H2,1-2H3,(H2,53,62)(H,55,56)(H,57,61)/t33?,36?,46-/m0/s1. The third-order valence-corrected chi connectivity index (χ3v) is 13.6. The number of likely N-dealkylation sites (tertiary alicyclic amines) is 1. The van der Waals surface area contributed by atoms with Gasteiger partial charge in [0, 0.05) is 60.0 Å². The van der Waals surface area contributed by atoms with Gasteiger partial charge in [0.05, 0.1) is 35.5 Å². The average Bonchev–Trinajstić information content (AvgIpc) is 3.30. The second-order valence-electron chi connectivity index (χ2n) is 17.9. The van der Waals surface area contributed by atoms with Crippen molar-refractivity contribution in [1.29, 1.82) is 0 Å². The lowest BCUT2D eigenvalue weighted by Crippen LogP contribution is -2.40. The first-order valence-corrected chi connectivity index (χ1v) is 22.8. The van der Waals surface area contributed by atoms with Crippen LogP contribution in [0.1, 0.15) is 107 Å². The fourth-order valence-corrected chi connectivity index (χ4v) is 10.2. The Balaban J connectivity index is 0.791. The lowest BCUT2D eigenvalue weighted by Gasteiger charge is -2.39. The van der Waals surface area contributed by atoms with E-state index in [1.54, 1.807) is 19.2 Å². The van der Waals surface area contributed by atoms with E-state index >= 15 is 0 Å². The highest BCUT2D eigenvalue weighted by molar-refractivity contribution is 6.08. The van der Waals surface area contributed by atoms with Gasteiger partial charge in [-0.25, -0.2) is 0 Å². The number of hydrogen-bond acceptors (Lipinski definition) is 9. The average molecular weight is 865 g/mol. The van der Waals surface area contributed by atoms with E-state index in [1.165, 1.54) is 50.4 Å². The Hall–Kier alpha value is -6.24. The van der Waals surface area contributed by atoms with Gasteiger partial charge in [-0.1, -0.05) is 56.0 Å². The van der Waals surface area contributed by atoms with Crippen LogP contribution >= 0.6 is 0 Å². The minimum absolute atomic E-state index is 0.00883. The van der Waals surface area contributed by atoms with Crippen molar-refractivity contribution in [2.24, 2.45) is 23.5 Å². The number of benzene rings is 4. The van der Waals surface area contributed by atoms with E-state index in [2.05, 4.69) is 38.8 Å². The van der Waals surface area contributed by atoms with Crippen LogP contribution in [0.5, 0.6) is 11.5 Å². The number of phenols is 1. The zero-order chi connectivity index (χ0) is 44.7. The van der Waals surface area contributed by atoms with Gasteiger partial charge in [0.15, 0.2) is 0 Å². The van der Waals surface area contributed by atoms with Gasteiger partial charge in [0.25, 0.3) is 11.8 Å². The summed E-state index contributed by atoms with van der Waals surface area (Å²) >= 11 is 0. The van der Waals surface area contributed by atoms with E-state index in [0.717, 1.165) is 90.4 Å². The van der Waals surface area contributed by atoms with E-state index < -0.39 is 12.0 Å². The van der Waals surface area contributed by atoms with Crippen molar-refractivity contribution in [3.63, 3.8) is 0 Å². The number of ether oxygens (including phenoxy) is 1. The minimum Gasteiger partial charge on any atom is -0.506 e. The zero-order valence-electron chi connectivity index (χ0n) is 36.9. The van der Waals surface area contributed by atoms with Gasteiger partial charge in [0.1, 0.15) is 11.5 Å². The summed E-state index contributed by atoms with van der Waals surface area (Å²) in [6, 6.07) is 25.9. The summed E-state index contributed by atoms with van der Waals surface area (Å²) in [6.07, 6.45) is 12.0. The monoisotopic (exact) mass is 864 g/mol. The Bertz CT molecular complexity index is 2680. The third kappa shape index (κ3) is 10.2. The second kappa shape index (κ2) is 20.1. The van der Waals surface area contributed by atoms with Crippen LogP contribution in [0.15, 0.2) is 95.9 Å². The molecular weight excluding hydrogens is 805 g/mol. The number of aromatic nitrogens is 2. The van der Waals surface area contributed by atoms with E-state index in [-0.39, 0.29) is 17.2 Å². The molecule has 2 amide bonds. The normalized spacial score (nSPS) is 17.4. The lowest BCUT2D eigenvalue weighted by molar-refractivity contribution is 0.0624. The molecule has 1 aliphatic carbocycles. The number of piperidine rings is 1. The van der Waals surface area contributed by atoms with Crippen molar-refractivity contribution in [2.75, 3.05) is 38.6 Å². The molecule has 0 spiro atoms. The molecule has 12 heteroatoms. The largest absolute Gasteiger partial charge is 0.506 e. The SMILES string of the molecule is COc1cccc(Nc2c(C(N)=O)cnc3c(C)cc(Cc4cccc(C(=O)N5CCC(C6CCC(CCCCNC[C@H](O)c7ccc(O)c8[nH]c(=O)ccc78)CC6)CC5)c4)cc23)c1. The fraction of sp³-hybridized carbons (Fsp3) is 0.385. The Morgan fingerprint density at radius 1 is 0.906 bits per heavy atom. The third-order valence-electron chi connectivity index (χ3n) is 13.6. The molecule has 4 aromatic carbocycles. The Labute approximate surface area is 374 Å². The van der Waals surface area contributed by atoms with Gasteiger partial charge in [-0.3, -0.25) is 19.4 Å². The zero-order valence-corrected chi connectivity index (χ0v) is 36.9. The number of phenolic OH excluding ortho intramolecular Hbond substituents is 1. The van der Waals surface area contributed by atoms with E-state index in [1.807, 2.05) is 54.3 Å². The summed E-state index contributed by atoms with van der Waals surface area (Å²) in [5.74, 6) is 2.37. The predicted molar refractivity (Wildman–Crippen MR) is 253 cm³/mol. The topological polar surface area (TPSA) is 183 Å². The molecule has 0 bridgehead atoms. The number of unbranched alkanes of at least 4 members (excludes halogenated alkanes) is 1. The molecule has 1 saturated carbocycles. The van der Waals surface area contributed by atoms with Crippen molar-refractivity contribution in [2.45, 2.75) is 77.2 Å². The maximum Gasteiger partial charge on any atom is 0.253 e. The number of primary amides is 1. The molecule has 3 heterocycles. The highest BCUT2D eigenvalue weighted by Crippen LogP contribution is 2.40. The van der Waals surface area contributed by atoms with Crippen molar-refractivity contribution < 1.29 is 24.5 Å². The number of aromatic hydroxyl groups is 1. The molecule has 64 heavy (non-hydrogen) atoms. The number of aliphatic hydroxyl groups excluding tert-OH is 1. The summed E-state index contributed by atoms with van der Waals surface area (Å²) in [7, 11) is 1.61. The van der Waals surface area contributed by atoms with Gasteiger partial charge in [0.2, 0.25) is 5.56 Å². The number of pyridine rings is 2. The predicted octanol–water partition coefficient (Wildman–Crippen LogP) is 8.68. The molecule has 1 aliphatic heterocycles. The number of aliphatic hydroxyl groups is 1. The number of carbonyl (C=O) groups is 2. The van der Waals surface area contributed by atoms with Gasteiger partial charge in [-0.2, -0.15) is 0 Å². The number of H-pyrrole nitrogens is 1. The smallest absolute Gasteiger partial charge is 0.253 e. The summed E-state index contributed by atoms with van der Waals surface area (Å²) in [6.45, 7) is 4.83. The first-order chi connectivity index (χ1) is 31.0. The molecule has 12 nitrogen and oxygen atoms in total. The van der Waals surface area contributed by atoms with Gasteiger partial charge in [-0.05, 0) is 134 Å².